The number of likely N-dealkylation sites (N-methyl/N-ethyl adjacent to an activating group) is 1. The van der Waals surface area contributed by atoms with Crippen molar-refractivity contribution in [1.82, 2.24) is 19.4 Å². The lowest BCUT2D eigenvalue weighted by Crippen LogP contribution is -2.52. The van der Waals surface area contributed by atoms with Gasteiger partial charge in [-0.25, -0.2) is 4.39 Å². The highest BCUT2D eigenvalue weighted by Crippen LogP contribution is 2.27. The molecule has 1 unspecified atom stereocenters. The van der Waals surface area contributed by atoms with Gasteiger partial charge in [0.15, 0.2) is 0 Å². The number of carbonyl (C=O) groups excluding carboxylic acids is 1. The van der Waals surface area contributed by atoms with Gasteiger partial charge in [0.25, 0.3) is 5.56 Å². The van der Waals surface area contributed by atoms with Gasteiger partial charge in [-0.15, -0.1) is 0 Å². The van der Waals surface area contributed by atoms with E-state index in [2.05, 4.69) is 16.8 Å². The van der Waals surface area contributed by atoms with Crippen LogP contribution >= 0.6 is 0 Å². The Bertz CT molecular complexity index is 1320. The second-order valence-electron chi connectivity index (χ2n) is 9.90. The fraction of sp³-hybridized carbons (Fsp3) is 0.414. The minimum Gasteiger partial charge on any atom is -0.337 e. The van der Waals surface area contributed by atoms with Crippen molar-refractivity contribution in [1.29, 1.82) is 0 Å². The quantitative estimate of drug-likeness (QED) is 0.541. The van der Waals surface area contributed by atoms with Crippen LogP contribution in [0.5, 0.6) is 0 Å². The van der Waals surface area contributed by atoms with E-state index in [1.165, 1.54) is 6.07 Å². The number of rotatable bonds is 5. The third-order valence-corrected chi connectivity index (χ3v) is 7.62. The number of aromatic nitrogens is 2. The van der Waals surface area contributed by atoms with Crippen LogP contribution in [-0.4, -0.2) is 50.9 Å². The van der Waals surface area contributed by atoms with Crippen LogP contribution in [0.4, 0.5) is 4.39 Å². The highest BCUT2D eigenvalue weighted by molar-refractivity contribution is 5.82. The zero-order valence-corrected chi connectivity index (χ0v) is 21.0. The minimum atomic E-state index is -0.294. The van der Waals surface area contributed by atoms with Crippen LogP contribution < -0.4 is 5.56 Å². The average molecular weight is 489 g/mol. The topological polar surface area (TPSA) is 58.4 Å². The van der Waals surface area contributed by atoms with E-state index in [1.54, 1.807) is 31.5 Å². The molecule has 1 amide bonds. The second kappa shape index (κ2) is 10.3. The molecule has 36 heavy (non-hydrogen) atoms. The Balaban J connectivity index is 1.55. The third-order valence-electron chi connectivity index (χ3n) is 7.62. The maximum absolute atomic E-state index is 14.0. The van der Waals surface area contributed by atoms with Gasteiger partial charge in [-0.2, -0.15) is 0 Å². The summed E-state index contributed by atoms with van der Waals surface area (Å²) in [6.07, 6.45) is 7.23. The number of nitrogens with zero attached hydrogens (tertiary/aromatic N) is 4. The van der Waals surface area contributed by atoms with Gasteiger partial charge in [0.05, 0.1) is 12.6 Å². The van der Waals surface area contributed by atoms with E-state index in [9.17, 15) is 14.0 Å². The lowest BCUT2D eigenvalue weighted by Gasteiger charge is -2.39. The molecule has 6 nitrogen and oxygen atoms in total. The summed E-state index contributed by atoms with van der Waals surface area (Å²) in [5, 5.41) is 0. The Morgan fingerprint density at radius 3 is 2.78 bits per heavy atom. The van der Waals surface area contributed by atoms with Crippen molar-refractivity contribution in [2.24, 2.45) is 0 Å². The summed E-state index contributed by atoms with van der Waals surface area (Å²) in [7, 11) is 0. The molecular formula is C29H33FN4O2. The van der Waals surface area contributed by atoms with Crippen molar-refractivity contribution in [3.05, 3.63) is 87.3 Å². The summed E-state index contributed by atoms with van der Waals surface area (Å²) < 4.78 is 15.8. The Kier molecular flexibility index (Phi) is 7.01. The van der Waals surface area contributed by atoms with Gasteiger partial charge in [-0.1, -0.05) is 25.5 Å². The summed E-state index contributed by atoms with van der Waals surface area (Å²) in [4.78, 5) is 35.8. The molecule has 1 fully saturated rings. The number of fused-ring (bicyclic) bond motifs is 1. The van der Waals surface area contributed by atoms with E-state index in [-0.39, 0.29) is 23.3 Å². The molecule has 0 bridgehead atoms. The molecule has 0 N–H and O–H groups in total. The minimum absolute atomic E-state index is 0.0641. The molecule has 188 valence electrons. The van der Waals surface area contributed by atoms with Gasteiger partial charge in [0.2, 0.25) is 5.91 Å². The van der Waals surface area contributed by atoms with Crippen LogP contribution in [0.2, 0.25) is 0 Å². The summed E-state index contributed by atoms with van der Waals surface area (Å²) in [6.45, 7) is 7.14. The monoisotopic (exact) mass is 488 g/mol. The highest BCUT2D eigenvalue weighted by atomic mass is 19.1. The number of aryl methyl sites for hydroxylation is 1. The molecule has 0 aliphatic carbocycles. The van der Waals surface area contributed by atoms with Crippen molar-refractivity contribution in [3.8, 4) is 11.1 Å². The van der Waals surface area contributed by atoms with Gasteiger partial charge < -0.3 is 9.47 Å². The number of hydrogen-bond donors (Lipinski definition) is 0. The Morgan fingerprint density at radius 1 is 1.17 bits per heavy atom. The number of carbonyl (C=O) groups is 1. The summed E-state index contributed by atoms with van der Waals surface area (Å²) in [5.74, 6) is -0.108. The fourth-order valence-corrected chi connectivity index (χ4v) is 5.63. The number of piperidine rings is 1. The van der Waals surface area contributed by atoms with Crippen LogP contribution in [0.1, 0.15) is 48.6 Å². The lowest BCUT2D eigenvalue weighted by atomic mass is 9.96. The van der Waals surface area contributed by atoms with E-state index >= 15 is 0 Å². The summed E-state index contributed by atoms with van der Waals surface area (Å²) in [6, 6.07) is 10.5. The molecule has 2 aliphatic rings. The fourth-order valence-electron chi connectivity index (χ4n) is 5.63. The van der Waals surface area contributed by atoms with Crippen molar-refractivity contribution >= 4 is 5.91 Å². The first-order chi connectivity index (χ1) is 17.5. The first-order valence-corrected chi connectivity index (χ1v) is 12.9. The molecular weight excluding hydrogens is 455 g/mol. The zero-order chi connectivity index (χ0) is 25.2. The van der Waals surface area contributed by atoms with Gasteiger partial charge in [0.1, 0.15) is 5.82 Å². The third kappa shape index (κ3) is 4.72. The first-order valence-electron chi connectivity index (χ1n) is 12.9. The molecule has 1 saturated heterocycles. The summed E-state index contributed by atoms with van der Waals surface area (Å²) >= 11 is 0. The molecule has 3 aromatic rings. The van der Waals surface area contributed by atoms with E-state index in [0.29, 0.717) is 42.7 Å². The summed E-state index contributed by atoms with van der Waals surface area (Å²) in [5.41, 5.74) is 4.50. The van der Waals surface area contributed by atoms with Crippen molar-refractivity contribution < 1.29 is 9.18 Å². The normalized spacial score (nSPS) is 18.2. The van der Waals surface area contributed by atoms with Gasteiger partial charge in [0, 0.05) is 43.2 Å². The molecule has 0 saturated carbocycles. The predicted molar refractivity (Wildman–Crippen MR) is 138 cm³/mol. The second-order valence-corrected chi connectivity index (χ2v) is 9.90. The maximum Gasteiger partial charge on any atom is 0.258 e. The van der Waals surface area contributed by atoms with E-state index in [4.69, 9.17) is 0 Å². The smallest absolute Gasteiger partial charge is 0.258 e. The Morgan fingerprint density at radius 2 is 2.03 bits per heavy atom. The number of pyridine rings is 2. The molecule has 1 atom stereocenters. The zero-order valence-electron chi connectivity index (χ0n) is 21.0. The number of hydrogen-bond acceptors (Lipinski definition) is 4. The standard InChI is InChI=1S/C29H33FN4O2/c1-3-32-13-5-4-8-27(32)29(36)33-14-11-26-23(19-33)16-24(22-9-10-25(30)20(2)15-22)28(35)34(26)18-21-7-6-12-31-17-21/h6-7,9-10,12,15-17,27H,3-5,8,11,13-14,18-19H2,1-2H3. The van der Waals surface area contributed by atoms with E-state index in [1.807, 2.05) is 27.7 Å². The molecule has 2 aliphatic heterocycles. The van der Waals surface area contributed by atoms with Crippen LogP contribution in [0, 0.1) is 12.7 Å². The Hall–Kier alpha value is -3.32. The van der Waals surface area contributed by atoms with Crippen LogP contribution in [-0.2, 0) is 24.3 Å². The number of halogens is 1. The number of benzene rings is 1. The van der Waals surface area contributed by atoms with E-state index < -0.39 is 0 Å². The van der Waals surface area contributed by atoms with Gasteiger partial charge >= 0.3 is 0 Å². The van der Waals surface area contributed by atoms with Crippen molar-refractivity contribution in [2.75, 3.05) is 19.6 Å². The van der Waals surface area contributed by atoms with Crippen molar-refractivity contribution in [2.45, 2.75) is 58.7 Å². The van der Waals surface area contributed by atoms with Gasteiger partial charge in [-0.05, 0) is 79.4 Å². The number of likely N-dealkylation sites (tertiary alicyclic amines) is 1. The Labute approximate surface area is 211 Å². The predicted octanol–water partition coefficient (Wildman–Crippen LogP) is 4.17. The molecule has 5 rings (SSSR count). The average Bonchev–Trinajstić information content (AvgIpc) is 2.91. The molecule has 4 heterocycles. The molecule has 0 radical (unpaired) electrons. The SMILES string of the molecule is CCN1CCCCC1C(=O)N1CCc2c(cc(-c3ccc(F)c(C)c3)c(=O)n2Cc2cccnc2)C1. The first kappa shape index (κ1) is 24.4. The van der Waals surface area contributed by atoms with E-state index in [0.717, 1.165) is 49.2 Å². The maximum atomic E-state index is 14.0. The molecule has 2 aromatic heterocycles. The molecule has 1 aromatic carbocycles. The molecule has 7 heteroatoms. The number of amides is 1. The van der Waals surface area contributed by atoms with Crippen molar-refractivity contribution in [3.63, 3.8) is 0 Å². The van der Waals surface area contributed by atoms with Crippen LogP contribution in [0.15, 0.2) is 53.6 Å². The largest absolute Gasteiger partial charge is 0.337 e. The lowest BCUT2D eigenvalue weighted by molar-refractivity contribution is -0.139. The van der Waals surface area contributed by atoms with Crippen LogP contribution in [0.3, 0.4) is 0 Å². The van der Waals surface area contributed by atoms with Crippen LogP contribution in [0.25, 0.3) is 11.1 Å². The highest BCUT2D eigenvalue weighted by Gasteiger charge is 2.33. The van der Waals surface area contributed by atoms with Gasteiger partial charge in [-0.3, -0.25) is 19.5 Å². The molecule has 0 spiro atoms.